The molecule has 21 heavy (non-hydrogen) atoms. The number of fused-ring (bicyclic) bond motifs is 1. The van der Waals surface area contributed by atoms with Crippen LogP contribution in [0, 0.1) is 0 Å². The third kappa shape index (κ3) is 2.95. The predicted octanol–water partition coefficient (Wildman–Crippen LogP) is 2.86. The summed E-state index contributed by atoms with van der Waals surface area (Å²) >= 11 is 0. The lowest BCUT2D eigenvalue weighted by Crippen LogP contribution is -2.20. The number of imidazole rings is 1. The number of rotatable bonds is 5. The fraction of sp³-hybridized carbons (Fsp3) is 0.471. The first-order chi connectivity index (χ1) is 10.3. The van der Waals surface area contributed by atoms with E-state index in [2.05, 4.69) is 15.6 Å². The molecule has 0 radical (unpaired) electrons. The van der Waals surface area contributed by atoms with Crippen molar-refractivity contribution in [3.8, 4) is 5.75 Å². The molecule has 1 aliphatic carbocycles. The minimum atomic E-state index is -0.0759. The van der Waals surface area contributed by atoms with Gasteiger partial charge in [0.05, 0.1) is 24.7 Å². The molecule has 0 aliphatic heterocycles. The van der Waals surface area contributed by atoms with E-state index in [1.807, 2.05) is 31.5 Å². The Morgan fingerprint density at radius 2 is 2.10 bits per heavy atom. The number of aryl methyl sites for hydroxylation is 1. The van der Waals surface area contributed by atoms with Crippen molar-refractivity contribution in [2.45, 2.75) is 45.2 Å². The van der Waals surface area contributed by atoms with Crippen LogP contribution >= 0.6 is 0 Å². The fourth-order valence-corrected chi connectivity index (χ4v) is 3.07. The summed E-state index contributed by atoms with van der Waals surface area (Å²) in [6.45, 7) is 3.41. The van der Waals surface area contributed by atoms with E-state index in [4.69, 9.17) is 10.5 Å². The first kappa shape index (κ1) is 14.1. The van der Waals surface area contributed by atoms with Crippen molar-refractivity contribution in [1.29, 1.82) is 0 Å². The number of nitrogens with two attached hydrogens (primary N) is 1. The molecule has 0 saturated heterocycles. The van der Waals surface area contributed by atoms with E-state index in [0.29, 0.717) is 6.61 Å². The number of hydrogen-bond donors (Lipinski definition) is 1. The topological polar surface area (TPSA) is 53.1 Å². The molecule has 0 bridgehead atoms. The standard InChI is InChI=1S/C17H23N3O/c1-2-21-17-10-6-3-7-13(17)14(18)11-20-12-19-15-8-4-5-9-16(15)20/h3,6-7,10,12,14H,2,4-5,8-9,11,18H2,1H3. The van der Waals surface area contributed by atoms with Crippen molar-refractivity contribution in [1.82, 2.24) is 9.55 Å². The van der Waals surface area contributed by atoms with Crippen LogP contribution in [0.4, 0.5) is 0 Å². The fourth-order valence-electron chi connectivity index (χ4n) is 3.07. The Morgan fingerprint density at radius 1 is 1.29 bits per heavy atom. The summed E-state index contributed by atoms with van der Waals surface area (Å²) in [6, 6.07) is 7.97. The van der Waals surface area contributed by atoms with Crippen molar-refractivity contribution in [2.75, 3.05) is 6.61 Å². The quantitative estimate of drug-likeness (QED) is 0.919. The van der Waals surface area contributed by atoms with E-state index in [9.17, 15) is 0 Å². The molecule has 112 valence electrons. The highest BCUT2D eigenvalue weighted by Gasteiger charge is 2.18. The predicted molar refractivity (Wildman–Crippen MR) is 83.4 cm³/mol. The van der Waals surface area contributed by atoms with Gasteiger partial charge in [0.15, 0.2) is 0 Å². The third-order valence-corrected chi connectivity index (χ3v) is 4.12. The number of nitrogens with zero attached hydrogens (tertiary/aromatic N) is 2. The smallest absolute Gasteiger partial charge is 0.124 e. The number of hydrogen-bond acceptors (Lipinski definition) is 3. The Morgan fingerprint density at radius 3 is 2.95 bits per heavy atom. The highest BCUT2D eigenvalue weighted by atomic mass is 16.5. The lowest BCUT2D eigenvalue weighted by Gasteiger charge is -2.19. The molecule has 1 aliphatic rings. The monoisotopic (exact) mass is 285 g/mol. The average Bonchev–Trinajstić information content (AvgIpc) is 2.91. The molecule has 0 spiro atoms. The summed E-state index contributed by atoms with van der Waals surface area (Å²) in [5.74, 6) is 0.890. The van der Waals surface area contributed by atoms with Crippen molar-refractivity contribution in [3.63, 3.8) is 0 Å². The maximum absolute atomic E-state index is 6.42. The second-order valence-electron chi connectivity index (χ2n) is 5.57. The van der Waals surface area contributed by atoms with Crippen LogP contribution in [0.1, 0.15) is 42.8 Å². The normalized spacial score (nSPS) is 15.5. The van der Waals surface area contributed by atoms with E-state index in [1.165, 1.54) is 24.2 Å². The Balaban J connectivity index is 1.80. The number of aromatic nitrogens is 2. The van der Waals surface area contributed by atoms with Gasteiger partial charge in [-0.05, 0) is 38.7 Å². The average molecular weight is 285 g/mol. The van der Waals surface area contributed by atoms with Crippen LogP contribution < -0.4 is 10.5 Å². The van der Waals surface area contributed by atoms with Gasteiger partial charge in [-0.2, -0.15) is 0 Å². The summed E-state index contributed by atoms with van der Waals surface area (Å²) in [4.78, 5) is 4.54. The summed E-state index contributed by atoms with van der Waals surface area (Å²) in [7, 11) is 0. The van der Waals surface area contributed by atoms with Crippen LogP contribution in [0.3, 0.4) is 0 Å². The molecule has 3 rings (SSSR count). The zero-order valence-corrected chi connectivity index (χ0v) is 12.6. The molecule has 0 amide bonds. The van der Waals surface area contributed by atoms with Crippen LogP contribution in [0.2, 0.25) is 0 Å². The molecule has 2 aromatic rings. The Kier molecular flexibility index (Phi) is 4.25. The summed E-state index contributed by atoms with van der Waals surface area (Å²) in [6.07, 6.45) is 6.67. The Labute approximate surface area is 125 Å². The van der Waals surface area contributed by atoms with Crippen LogP contribution in [-0.2, 0) is 19.4 Å². The van der Waals surface area contributed by atoms with Crippen LogP contribution in [-0.4, -0.2) is 16.2 Å². The van der Waals surface area contributed by atoms with Gasteiger partial charge >= 0.3 is 0 Å². The van der Waals surface area contributed by atoms with Gasteiger partial charge in [-0.1, -0.05) is 18.2 Å². The SMILES string of the molecule is CCOc1ccccc1C(N)Cn1cnc2c1CCCC2. The summed E-state index contributed by atoms with van der Waals surface area (Å²) < 4.78 is 7.91. The molecule has 1 aromatic carbocycles. The third-order valence-electron chi connectivity index (χ3n) is 4.12. The Hall–Kier alpha value is -1.81. The van der Waals surface area contributed by atoms with Crippen molar-refractivity contribution < 1.29 is 4.74 Å². The Bertz CT molecular complexity index is 606. The van der Waals surface area contributed by atoms with Crippen LogP contribution in [0.25, 0.3) is 0 Å². The van der Waals surface area contributed by atoms with Crippen molar-refractivity contribution >= 4 is 0 Å². The van der Waals surface area contributed by atoms with Gasteiger partial charge in [-0.25, -0.2) is 4.98 Å². The van der Waals surface area contributed by atoms with Gasteiger partial charge in [-0.3, -0.25) is 0 Å². The van der Waals surface area contributed by atoms with Gasteiger partial charge in [0.2, 0.25) is 0 Å². The summed E-state index contributed by atoms with van der Waals surface area (Å²) in [5, 5.41) is 0. The molecule has 4 heteroatoms. The second-order valence-corrected chi connectivity index (χ2v) is 5.57. The summed E-state index contributed by atoms with van der Waals surface area (Å²) in [5.41, 5.74) is 10.1. The van der Waals surface area contributed by atoms with E-state index in [0.717, 1.165) is 30.7 Å². The molecule has 0 saturated carbocycles. The molecule has 4 nitrogen and oxygen atoms in total. The maximum Gasteiger partial charge on any atom is 0.124 e. The lowest BCUT2D eigenvalue weighted by molar-refractivity contribution is 0.332. The van der Waals surface area contributed by atoms with Crippen LogP contribution in [0.5, 0.6) is 5.75 Å². The molecule has 1 heterocycles. The molecule has 1 atom stereocenters. The highest BCUT2D eigenvalue weighted by Crippen LogP contribution is 2.26. The van der Waals surface area contributed by atoms with E-state index in [-0.39, 0.29) is 6.04 Å². The lowest BCUT2D eigenvalue weighted by atomic mass is 10.0. The van der Waals surface area contributed by atoms with E-state index in [1.54, 1.807) is 0 Å². The number of benzene rings is 1. The molecular weight excluding hydrogens is 262 g/mol. The largest absolute Gasteiger partial charge is 0.494 e. The van der Waals surface area contributed by atoms with Gasteiger partial charge in [0.1, 0.15) is 5.75 Å². The number of ether oxygens (including phenoxy) is 1. The van der Waals surface area contributed by atoms with Gasteiger partial charge in [-0.15, -0.1) is 0 Å². The van der Waals surface area contributed by atoms with Gasteiger partial charge in [0.25, 0.3) is 0 Å². The zero-order valence-electron chi connectivity index (χ0n) is 12.6. The maximum atomic E-state index is 6.42. The number of para-hydroxylation sites is 1. The van der Waals surface area contributed by atoms with E-state index >= 15 is 0 Å². The molecule has 1 aromatic heterocycles. The zero-order chi connectivity index (χ0) is 14.7. The van der Waals surface area contributed by atoms with Gasteiger partial charge < -0.3 is 15.0 Å². The highest BCUT2D eigenvalue weighted by molar-refractivity contribution is 5.35. The van der Waals surface area contributed by atoms with Crippen molar-refractivity contribution in [3.05, 3.63) is 47.5 Å². The molecule has 1 unspecified atom stereocenters. The van der Waals surface area contributed by atoms with Crippen LogP contribution in [0.15, 0.2) is 30.6 Å². The minimum Gasteiger partial charge on any atom is -0.494 e. The minimum absolute atomic E-state index is 0.0759. The first-order valence-electron chi connectivity index (χ1n) is 7.79. The second kappa shape index (κ2) is 6.31. The van der Waals surface area contributed by atoms with Gasteiger partial charge in [0, 0.05) is 17.8 Å². The molecule has 2 N–H and O–H groups in total. The van der Waals surface area contributed by atoms with Crippen molar-refractivity contribution in [2.24, 2.45) is 5.73 Å². The molecular formula is C17H23N3O. The first-order valence-corrected chi connectivity index (χ1v) is 7.79. The molecule has 0 fully saturated rings. The van der Waals surface area contributed by atoms with E-state index < -0.39 is 0 Å².